The lowest BCUT2D eigenvalue weighted by Crippen LogP contribution is -2.47. The van der Waals surface area contributed by atoms with E-state index in [1.54, 1.807) is 19.2 Å². The first-order valence-electron chi connectivity index (χ1n) is 17.6. The van der Waals surface area contributed by atoms with E-state index in [1.165, 1.54) is 4.90 Å². The summed E-state index contributed by atoms with van der Waals surface area (Å²) in [5, 5.41) is 12.8. The third-order valence-electron chi connectivity index (χ3n) is 9.27. The van der Waals surface area contributed by atoms with Gasteiger partial charge in [-0.3, -0.25) is 28.9 Å². The Labute approximate surface area is 303 Å². The number of aliphatic hydroxyl groups excluding tert-OH is 1. The summed E-state index contributed by atoms with van der Waals surface area (Å²) in [7, 11) is 0. The Morgan fingerprint density at radius 2 is 1.77 bits per heavy atom. The number of rotatable bonds is 17. The zero-order valence-electron chi connectivity index (χ0n) is 30.2. The predicted molar refractivity (Wildman–Crippen MR) is 191 cm³/mol. The van der Waals surface area contributed by atoms with Crippen LogP contribution < -0.4 is 11.1 Å². The Kier molecular flexibility index (Phi) is 13.6. The summed E-state index contributed by atoms with van der Waals surface area (Å²) in [5.41, 5.74) is 7.66. The molecule has 4 rings (SSSR count). The lowest BCUT2D eigenvalue weighted by molar-refractivity contribution is -0.140. The molecule has 11 nitrogen and oxygen atoms in total. The van der Waals surface area contributed by atoms with Crippen molar-refractivity contribution >= 4 is 29.4 Å². The molecule has 280 valence electrons. The van der Waals surface area contributed by atoms with Gasteiger partial charge in [0.05, 0.1) is 12.1 Å². The van der Waals surface area contributed by atoms with Gasteiger partial charge in [-0.2, -0.15) is 0 Å². The Bertz CT molecular complexity index is 1760. The molecule has 1 unspecified atom stereocenters. The largest absolute Gasteiger partial charge is 0.387 e. The molecule has 0 bridgehead atoms. The van der Waals surface area contributed by atoms with E-state index < -0.39 is 47.6 Å². The van der Waals surface area contributed by atoms with E-state index in [9.17, 15) is 37.9 Å². The smallest absolute Gasteiger partial charge is 0.248 e. The van der Waals surface area contributed by atoms with Gasteiger partial charge >= 0.3 is 0 Å². The molecular weight excluding hydrogens is 672 g/mol. The maximum absolute atomic E-state index is 15.0. The van der Waals surface area contributed by atoms with Crippen LogP contribution in [0.5, 0.6) is 0 Å². The highest BCUT2D eigenvalue weighted by Gasteiger charge is 2.38. The van der Waals surface area contributed by atoms with Gasteiger partial charge in [0.1, 0.15) is 24.0 Å². The number of hydrogen-bond acceptors (Lipinski definition) is 7. The fourth-order valence-corrected chi connectivity index (χ4v) is 6.58. The normalized spacial score (nSPS) is 15.8. The van der Waals surface area contributed by atoms with Crippen LogP contribution in [0, 0.1) is 23.0 Å². The van der Waals surface area contributed by atoms with Crippen LogP contribution in [0.1, 0.15) is 77.1 Å². The fraction of sp³-hybridized carbons (Fsp3) is 0.462. The fourth-order valence-electron chi connectivity index (χ4n) is 6.58. The number of imide groups is 1. The molecule has 1 aliphatic heterocycles. The number of aromatic nitrogens is 1. The van der Waals surface area contributed by atoms with Crippen LogP contribution in [0.2, 0.25) is 0 Å². The van der Waals surface area contributed by atoms with Gasteiger partial charge in [0, 0.05) is 74.4 Å². The van der Waals surface area contributed by atoms with Crippen molar-refractivity contribution in [1.82, 2.24) is 19.7 Å². The van der Waals surface area contributed by atoms with Crippen LogP contribution >= 0.6 is 0 Å². The summed E-state index contributed by atoms with van der Waals surface area (Å²) in [6, 6.07) is 12.8. The van der Waals surface area contributed by atoms with Gasteiger partial charge < -0.3 is 25.6 Å². The van der Waals surface area contributed by atoms with Crippen LogP contribution in [0.3, 0.4) is 0 Å². The number of nitrogens with zero attached hydrogens (tertiary/aromatic N) is 3. The number of carbonyl (C=O) groups is 5. The molecule has 1 fully saturated rings. The maximum Gasteiger partial charge on any atom is 0.248 e. The molecule has 0 radical (unpaired) electrons. The van der Waals surface area contributed by atoms with Crippen molar-refractivity contribution in [2.24, 2.45) is 17.1 Å². The van der Waals surface area contributed by atoms with Crippen molar-refractivity contribution in [2.75, 3.05) is 26.2 Å². The highest BCUT2D eigenvalue weighted by atomic mass is 19.1. The number of Topliss-reactive ketones (excluding diaryl/α,β-unsaturated/α-hetero) is 1. The molecule has 2 heterocycles. The number of halogens is 2. The summed E-state index contributed by atoms with van der Waals surface area (Å²) < 4.78 is 31.2. The van der Waals surface area contributed by atoms with E-state index in [-0.39, 0.29) is 74.4 Å². The van der Waals surface area contributed by atoms with Crippen molar-refractivity contribution in [3.63, 3.8) is 0 Å². The van der Waals surface area contributed by atoms with E-state index in [2.05, 4.69) is 5.32 Å². The minimum atomic E-state index is -1.02. The number of nitrogens with one attached hydrogen (secondary N) is 1. The average Bonchev–Trinajstić information content (AvgIpc) is 3.61. The lowest BCUT2D eigenvalue weighted by atomic mass is 9.82. The van der Waals surface area contributed by atoms with E-state index in [0.29, 0.717) is 24.2 Å². The number of carbonyl (C=O) groups excluding carboxylic acids is 5. The van der Waals surface area contributed by atoms with Gasteiger partial charge in [-0.15, -0.1) is 0 Å². The molecule has 1 aliphatic rings. The summed E-state index contributed by atoms with van der Waals surface area (Å²) >= 11 is 0. The van der Waals surface area contributed by atoms with Crippen molar-refractivity contribution in [2.45, 2.75) is 78.4 Å². The van der Waals surface area contributed by atoms with Gasteiger partial charge in [-0.1, -0.05) is 58.0 Å². The van der Waals surface area contributed by atoms with Crippen LogP contribution in [0.4, 0.5) is 8.78 Å². The zero-order chi connectivity index (χ0) is 38.2. The van der Waals surface area contributed by atoms with Crippen LogP contribution in [-0.4, -0.2) is 81.2 Å². The lowest BCUT2D eigenvalue weighted by Gasteiger charge is -2.41. The monoisotopic (exact) mass is 721 g/mol. The number of ketones is 1. The van der Waals surface area contributed by atoms with Crippen LogP contribution in [0.25, 0.3) is 11.1 Å². The molecule has 3 aromatic rings. The highest BCUT2D eigenvalue weighted by Crippen LogP contribution is 2.41. The van der Waals surface area contributed by atoms with E-state index >= 15 is 0 Å². The summed E-state index contributed by atoms with van der Waals surface area (Å²) in [5.74, 6) is -3.32. The number of hydrogen-bond donors (Lipinski definition) is 3. The predicted octanol–water partition coefficient (Wildman–Crippen LogP) is 4.36. The molecule has 0 spiro atoms. The number of benzene rings is 2. The molecule has 2 aromatic carbocycles. The number of nitrogens with two attached hydrogens (primary N) is 1. The molecule has 4 amide bonds. The minimum Gasteiger partial charge on any atom is -0.387 e. The topological polar surface area (TPSA) is 155 Å². The molecule has 3 atom stereocenters. The third-order valence-corrected chi connectivity index (χ3v) is 9.27. The van der Waals surface area contributed by atoms with Gasteiger partial charge in [-0.25, -0.2) is 8.78 Å². The van der Waals surface area contributed by atoms with E-state index in [1.807, 2.05) is 55.7 Å². The summed E-state index contributed by atoms with van der Waals surface area (Å²) in [6.07, 6.45) is 2.46. The highest BCUT2D eigenvalue weighted by molar-refractivity contribution is 6.03. The standard InChI is InChI=1S/C39H49F2N5O6/c1-25-19-34(49)46(38(25)52)17-14-29(48)11-8-16-43-37(51)32(42)15-18-45(35(50)24-47)36(39(2,3)4)33-20-27(30-21-28(40)12-13-31(30)41)23-44(33)22-26-9-6-5-7-10-26/h5-7,9-10,12-13,20-21,23,25,32,36,47H,8,11,14-19,22,24,42H2,1-4H3,(H,43,51)/t25?,32-,36-/m0/s1. The molecule has 1 aromatic heterocycles. The Hall–Kier alpha value is -4.75. The minimum absolute atomic E-state index is 0.00113. The zero-order valence-corrected chi connectivity index (χ0v) is 30.2. The van der Waals surface area contributed by atoms with Gasteiger partial charge in [0.2, 0.25) is 23.6 Å². The third kappa shape index (κ3) is 10.2. The molecular formula is C39H49F2N5O6. The Morgan fingerprint density at radius 1 is 1.06 bits per heavy atom. The summed E-state index contributed by atoms with van der Waals surface area (Å²) in [6.45, 7) is 7.24. The first-order chi connectivity index (χ1) is 24.6. The molecule has 4 N–H and O–H groups in total. The summed E-state index contributed by atoms with van der Waals surface area (Å²) in [4.78, 5) is 65.3. The average molecular weight is 722 g/mol. The van der Waals surface area contributed by atoms with Crippen LogP contribution in [-0.2, 0) is 30.5 Å². The SMILES string of the molecule is CC1CC(=O)N(CCC(=O)CCCNC(=O)[C@@H](N)CCN(C(=O)CO)[C@@H](c2cc(-c3cc(F)ccc3F)cn2Cc2ccccc2)C(C)(C)C)C1=O. The second-order valence-corrected chi connectivity index (χ2v) is 14.5. The number of aliphatic hydroxyl groups is 1. The second kappa shape index (κ2) is 17.6. The first kappa shape index (κ1) is 40.0. The molecule has 52 heavy (non-hydrogen) atoms. The molecule has 13 heteroatoms. The van der Waals surface area contributed by atoms with Crippen molar-refractivity contribution in [3.05, 3.63) is 83.7 Å². The van der Waals surface area contributed by atoms with E-state index in [0.717, 1.165) is 28.7 Å². The Balaban J connectivity index is 1.45. The molecule has 0 saturated carbocycles. The quantitative estimate of drug-likeness (QED) is 0.138. The van der Waals surface area contributed by atoms with Gasteiger partial charge in [0.15, 0.2) is 0 Å². The van der Waals surface area contributed by atoms with Crippen molar-refractivity contribution < 1.29 is 37.9 Å². The van der Waals surface area contributed by atoms with Crippen molar-refractivity contribution in [3.8, 4) is 11.1 Å². The van der Waals surface area contributed by atoms with Crippen molar-refractivity contribution in [1.29, 1.82) is 0 Å². The number of amides is 4. The van der Waals surface area contributed by atoms with Gasteiger partial charge in [0.25, 0.3) is 0 Å². The Morgan fingerprint density at radius 3 is 2.40 bits per heavy atom. The maximum atomic E-state index is 15.0. The van der Waals surface area contributed by atoms with Gasteiger partial charge in [-0.05, 0) is 48.1 Å². The van der Waals surface area contributed by atoms with E-state index in [4.69, 9.17) is 5.73 Å². The van der Waals surface area contributed by atoms with Crippen LogP contribution in [0.15, 0.2) is 60.8 Å². The second-order valence-electron chi connectivity index (χ2n) is 14.5. The number of likely N-dealkylation sites (tertiary alicyclic amines) is 1. The molecule has 1 saturated heterocycles. The molecule has 0 aliphatic carbocycles. The first-order valence-corrected chi connectivity index (χ1v) is 17.6.